The maximum atomic E-state index is 12.6. The molecule has 0 spiro atoms. The highest BCUT2D eigenvalue weighted by Crippen LogP contribution is 2.30. The van der Waals surface area contributed by atoms with Gasteiger partial charge in [0.05, 0.1) is 28.4 Å². The molecule has 0 fully saturated rings. The zero-order valence-electron chi connectivity index (χ0n) is 13.2. The third-order valence-electron chi connectivity index (χ3n) is 3.44. The van der Waals surface area contributed by atoms with Gasteiger partial charge in [-0.3, -0.25) is 4.72 Å². The van der Waals surface area contributed by atoms with Gasteiger partial charge in [-0.25, -0.2) is 13.4 Å². The normalized spacial score (nSPS) is 11.2. The molecule has 3 aromatic rings. The quantitative estimate of drug-likeness (QED) is 0.748. The van der Waals surface area contributed by atoms with Crippen LogP contribution >= 0.6 is 11.3 Å². The first-order valence-electron chi connectivity index (χ1n) is 7.18. The highest BCUT2D eigenvalue weighted by molar-refractivity contribution is 7.92. The van der Waals surface area contributed by atoms with Crippen molar-refractivity contribution in [3.8, 4) is 17.0 Å². The molecular weight excluding hydrogens is 344 g/mol. The number of methoxy groups -OCH3 is 1. The Morgan fingerprint density at radius 2 is 1.79 bits per heavy atom. The summed E-state index contributed by atoms with van der Waals surface area (Å²) in [6.45, 7) is 1.91. The lowest BCUT2D eigenvalue weighted by atomic mass is 10.1. The molecule has 24 heavy (non-hydrogen) atoms. The summed E-state index contributed by atoms with van der Waals surface area (Å²) in [6, 6.07) is 13.5. The van der Waals surface area contributed by atoms with Crippen LogP contribution in [0.25, 0.3) is 11.3 Å². The highest BCUT2D eigenvalue weighted by atomic mass is 32.2. The van der Waals surface area contributed by atoms with Crippen molar-refractivity contribution in [2.75, 3.05) is 11.8 Å². The maximum Gasteiger partial charge on any atom is 0.261 e. The van der Waals surface area contributed by atoms with E-state index in [1.54, 1.807) is 24.3 Å². The second-order valence-electron chi connectivity index (χ2n) is 5.08. The molecule has 1 N–H and O–H groups in total. The Balaban J connectivity index is 1.95. The molecule has 0 unspecified atom stereocenters. The molecule has 0 saturated heterocycles. The van der Waals surface area contributed by atoms with Gasteiger partial charge >= 0.3 is 0 Å². The zero-order valence-corrected chi connectivity index (χ0v) is 14.8. The van der Waals surface area contributed by atoms with E-state index in [2.05, 4.69) is 9.71 Å². The first-order valence-corrected chi connectivity index (χ1v) is 9.54. The minimum Gasteiger partial charge on any atom is -0.497 e. The summed E-state index contributed by atoms with van der Waals surface area (Å²) in [7, 11) is -2.16. The lowest BCUT2D eigenvalue weighted by molar-refractivity contribution is 0.414. The van der Waals surface area contributed by atoms with E-state index >= 15 is 0 Å². The van der Waals surface area contributed by atoms with Crippen molar-refractivity contribution < 1.29 is 13.2 Å². The van der Waals surface area contributed by atoms with Gasteiger partial charge in [0.15, 0.2) is 0 Å². The molecule has 0 atom stereocenters. The first kappa shape index (κ1) is 16.5. The van der Waals surface area contributed by atoms with Gasteiger partial charge in [0.1, 0.15) is 5.75 Å². The van der Waals surface area contributed by atoms with Crippen LogP contribution in [0.1, 0.15) is 5.01 Å². The predicted octanol–water partition coefficient (Wildman–Crippen LogP) is 3.93. The first-order chi connectivity index (χ1) is 11.5. The largest absolute Gasteiger partial charge is 0.497 e. The number of nitrogens with one attached hydrogen (secondary N) is 1. The fraction of sp³-hybridized carbons (Fsp3) is 0.118. The average molecular weight is 360 g/mol. The molecule has 7 heteroatoms. The fourth-order valence-electron chi connectivity index (χ4n) is 2.24. The summed E-state index contributed by atoms with van der Waals surface area (Å²) in [6.07, 6.45) is 0. The molecule has 2 aromatic carbocycles. The second-order valence-corrected chi connectivity index (χ2v) is 7.82. The standard InChI is InChI=1S/C17H16N2O3S2/c1-12-18-17(11-23-12)15-5-3-4-6-16(15)19-24(20,21)14-9-7-13(22-2)8-10-14/h3-11,19H,1-2H3. The van der Waals surface area contributed by atoms with E-state index in [-0.39, 0.29) is 4.90 Å². The molecule has 0 aliphatic rings. The monoisotopic (exact) mass is 360 g/mol. The van der Waals surface area contributed by atoms with Crippen LogP contribution < -0.4 is 9.46 Å². The number of hydrogen-bond acceptors (Lipinski definition) is 5. The van der Waals surface area contributed by atoms with Crippen LogP contribution in [0.5, 0.6) is 5.75 Å². The summed E-state index contributed by atoms with van der Waals surface area (Å²) >= 11 is 1.52. The van der Waals surface area contributed by atoms with Gasteiger partial charge < -0.3 is 4.74 Å². The minimum absolute atomic E-state index is 0.174. The van der Waals surface area contributed by atoms with Crippen molar-refractivity contribution in [1.82, 2.24) is 4.98 Å². The molecule has 1 aromatic heterocycles. The Bertz CT molecular complexity index is 948. The van der Waals surface area contributed by atoms with Crippen LogP contribution in [-0.4, -0.2) is 20.5 Å². The smallest absolute Gasteiger partial charge is 0.261 e. The van der Waals surface area contributed by atoms with Gasteiger partial charge in [-0.05, 0) is 37.3 Å². The van der Waals surface area contributed by atoms with Gasteiger partial charge in [-0.2, -0.15) is 0 Å². The Morgan fingerprint density at radius 1 is 1.08 bits per heavy atom. The van der Waals surface area contributed by atoms with Crippen molar-refractivity contribution >= 4 is 27.0 Å². The summed E-state index contributed by atoms with van der Waals surface area (Å²) in [5.74, 6) is 0.604. The van der Waals surface area contributed by atoms with E-state index in [1.165, 1.54) is 30.6 Å². The van der Waals surface area contributed by atoms with Crippen LogP contribution in [0.3, 0.4) is 0 Å². The van der Waals surface area contributed by atoms with Crippen molar-refractivity contribution in [2.24, 2.45) is 0 Å². The van der Waals surface area contributed by atoms with Gasteiger partial charge in [0.25, 0.3) is 10.0 Å². The molecule has 0 aliphatic carbocycles. The van der Waals surface area contributed by atoms with E-state index in [4.69, 9.17) is 4.74 Å². The van der Waals surface area contributed by atoms with Crippen LogP contribution in [0.15, 0.2) is 58.8 Å². The van der Waals surface area contributed by atoms with Crippen molar-refractivity contribution in [1.29, 1.82) is 0 Å². The molecule has 1 heterocycles. The molecule has 0 saturated carbocycles. The topological polar surface area (TPSA) is 68.3 Å². The number of anilines is 1. The number of benzene rings is 2. The number of ether oxygens (including phenoxy) is 1. The van der Waals surface area contributed by atoms with Crippen molar-refractivity contribution in [2.45, 2.75) is 11.8 Å². The summed E-state index contributed by atoms with van der Waals surface area (Å²) < 4.78 is 32.9. The van der Waals surface area contributed by atoms with E-state index in [9.17, 15) is 8.42 Å². The summed E-state index contributed by atoms with van der Waals surface area (Å²) in [5, 5.41) is 2.84. The number of rotatable bonds is 5. The highest BCUT2D eigenvalue weighted by Gasteiger charge is 2.17. The van der Waals surface area contributed by atoms with Gasteiger partial charge in [-0.1, -0.05) is 18.2 Å². The lowest BCUT2D eigenvalue weighted by Crippen LogP contribution is -2.13. The Labute approximate surface area is 145 Å². The summed E-state index contributed by atoms with van der Waals surface area (Å²) in [5.41, 5.74) is 2.00. The van der Waals surface area contributed by atoms with Crippen LogP contribution in [0.2, 0.25) is 0 Å². The molecular formula is C17H16N2O3S2. The average Bonchev–Trinajstić information content (AvgIpc) is 3.01. The number of hydrogen-bond donors (Lipinski definition) is 1. The molecule has 124 valence electrons. The van der Waals surface area contributed by atoms with Gasteiger partial charge in [-0.15, -0.1) is 11.3 Å². The second kappa shape index (κ2) is 6.62. The van der Waals surface area contributed by atoms with Gasteiger partial charge in [0.2, 0.25) is 0 Å². The third-order valence-corrected chi connectivity index (χ3v) is 5.59. The fourth-order valence-corrected chi connectivity index (χ4v) is 3.93. The molecule has 3 rings (SSSR count). The van der Waals surface area contributed by atoms with Crippen LogP contribution in [0.4, 0.5) is 5.69 Å². The van der Waals surface area contributed by atoms with E-state index in [0.717, 1.165) is 16.3 Å². The third kappa shape index (κ3) is 3.42. The molecule has 0 aliphatic heterocycles. The molecule has 0 bridgehead atoms. The van der Waals surface area contributed by atoms with Crippen molar-refractivity contribution in [3.63, 3.8) is 0 Å². The minimum atomic E-state index is -3.69. The predicted molar refractivity (Wildman–Crippen MR) is 96.1 cm³/mol. The molecule has 0 amide bonds. The number of aryl methyl sites for hydroxylation is 1. The van der Waals surface area contributed by atoms with Crippen molar-refractivity contribution in [3.05, 3.63) is 58.9 Å². The van der Waals surface area contributed by atoms with Crippen LogP contribution in [0, 0.1) is 6.92 Å². The molecule has 5 nitrogen and oxygen atoms in total. The number of nitrogens with zero attached hydrogens (tertiary/aromatic N) is 1. The zero-order chi connectivity index (χ0) is 17.2. The lowest BCUT2D eigenvalue weighted by Gasteiger charge is -2.12. The molecule has 0 radical (unpaired) electrons. The SMILES string of the molecule is COc1ccc(S(=O)(=O)Nc2ccccc2-c2csc(C)n2)cc1. The number of para-hydroxylation sites is 1. The van der Waals surface area contributed by atoms with Crippen LogP contribution in [-0.2, 0) is 10.0 Å². The maximum absolute atomic E-state index is 12.6. The Kier molecular flexibility index (Phi) is 4.55. The van der Waals surface area contributed by atoms with E-state index in [1.807, 2.05) is 24.4 Å². The number of thiazole rings is 1. The Hall–Kier alpha value is -2.38. The number of sulfonamides is 1. The van der Waals surface area contributed by atoms with E-state index < -0.39 is 10.0 Å². The summed E-state index contributed by atoms with van der Waals surface area (Å²) in [4.78, 5) is 4.61. The number of aromatic nitrogens is 1. The van der Waals surface area contributed by atoms with Gasteiger partial charge in [0, 0.05) is 10.9 Å². The Morgan fingerprint density at radius 3 is 2.42 bits per heavy atom. The van der Waals surface area contributed by atoms with E-state index in [0.29, 0.717) is 11.4 Å².